The van der Waals surface area contributed by atoms with Gasteiger partial charge in [0.15, 0.2) is 0 Å². The molecule has 2 fully saturated rings. The Morgan fingerprint density at radius 1 is 1.44 bits per heavy atom. The van der Waals surface area contributed by atoms with Crippen LogP contribution in [0.1, 0.15) is 40.0 Å². The Morgan fingerprint density at radius 2 is 2.22 bits per heavy atom. The molecule has 3 unspecified atom stereocenters. The van der Waals surface area contributed by atoms with Crippen LogP contribution in [0, 0.1) is 11.2 Å². The van der Waals surface area contributed by atoms with Crippen molar-refractivity contribution in [2.75, 3.05) is 30.4 Å². The molecule has 2 aliphatic rings. The lowest BCUT2D eigenvalue weighted by atomic mass is 9.54. The van der Waals surface area contributed by atoms with Crippen LogP contribution >= 0.6 is 0 Å². The standard InChI is InChI=1S/C20H30FN3O3/c1-4-26-17-11-20(22,19(17,2)3)18(25)24-13-7-8-16(15(21)10-13)23-12-14-6-5-9-27-14/h7-8,10,14,17,23H,4-6,9,11-12,22H2,1-3H3,(H,24,25). The highest BCUT2D eigenvalue weighted by molar-refractivity contribution is 5.99. The molecule has 1 heterocycles. The lowest BCUT2D eigenvalue weighted by molar-refractivity contribution is -0.166. The second-order valence-electron chi connectivity index (χ2n) is 8.01. The fraction of sp³-hybridized carbons (Fsp3) is 0.650. The molecule has 7 heteroatoms. The van der Waals surface area contributed by atoms with Crippen LogP contribution in [0.5, 0.6) is 0 Å². The maximum Gasteiger partial charge on any atom is 0.245 e. The molecule has 3 rings (SSSR count). The van der Waals surface area contributed by atoms with Gasteiger partial charge in [0, 0.05) is 37.3 Å². The summed E-state index contributed by atoms with van der Waals surface area (Å²) in [5, 5.41) is 5.82. The molecule has 1 aromatic carbocycles. The molecule has 1 amide bonds. The number of amides is 1. The van der Waals surface area contributed by atoms with Gasteiger partial charge in [-0.1, -0.05) is 13.8 Å². The lowest BCUT2D eigenvalue weighted by Crippen LogP contribution is -2.74. The van der Waals surface area contributed by atoms with E-state index in [2.05, 4.69) is 10.6 Å². The predicted octanol–water partition coefficient (Wildman–Crippen LogP) is 2.89. The normalized spacial score (nSPS) is 29.2. The molecule has 1 aromatic rings. The average molecular weight is 379 g/mol. The van der Waals surface area contributed by atoms with Crippen LogP contribution in [0.3, 0.4) is 0 Å². The quantitative estimate of drug-likeness (QED) is 0.678. The highest BCUT2D eigenvalue weighted by atomic mass is 19.1. The maximum absolute atomic E-state index is 14.4. The van der Waals surface area contributed by atoms with Gasteiger partial charge in [0.2, 0.25) is 5.91 Å². The first kappa shape index (κ1) is 20.0. The number of nitrogens with two attached hydrogens (primary N) is 1. The van der Waals surface area contributed by atoms with E-state index < -0.39 is 16.8 Å². The van der Waals surface area contributed by atoms with E-state index in [4.69, 9.17) is 15.2 Å². The Hall–Kier alpha value is -1.70. The van der Waals surface area contributed by atoms with Gasteiger partial charge < -0.3 is 25.8 Å². The van der Waals surface area contributed by atoms with Gasteiger partial charge >= 0.3 is 0 Å². The lowest BCUT2D eigenvalue weighted by Gasteiger charge is -2.57. The van der Waals surface area contributed by atoms with Crippen molar-refractivity contribution in [2.45, 2.75) is 57.8 Å². The van der Waals surface area contributed by atoms with Gasteiger partial charge in [0.05, 0.1) is 17.9 Å². The second kappa shape index (κ2) is 7.73. The molecule has 3 atom stereocenters. The van der Waals surface area contributed by atoms with Crippen LogP contribution in [-0.2, 0) is 14.3 Å². The molecule has 150 valence electrons. The number of carbonyl (C=O) groups is 1. The minimum absolute atomic E-state index is 0.0561. The van der Waals surface area contributed by atoms with Crippen molar-refractivity contribution in [2.24, 2.45) is 11.1 Å². The van der Waals surface area contributed by atoms with E-state index in [-0.39, 0.29) is 18.1 Å². The number of ether oxygens (including phenoxy) is 2. The van der Waals surface area contributed by atoms with Gasteiger partial charge in [-0.15, -0.1) is 0 Å². The van der Waals surface area contributed by atoms with Crippen LogP contribution in [-0.4, -0.2) is 43.4 Å². The number of nitrogens with one attached hydrogen (secondary N) is 2. The van der Waals surface area contributed by atoms with Crippen LogP contribution in [0.4, 0.5) is 15.8 Å². The van der Waals surface area contributed by atoms with E-state index in [1.165, 1.54) is 6.07 Å². The van der Waals surface area contributed by atoms with E-state index in [0.29, 0.717) is 30.9 Å². The summed E-state index contributed by atoms with van der Waals surface area (Å²) in [4.78, 5) is 12.7. The fourth-order valence-electron chi connectivity index (χ4n) is 3.83. The van der Waals surface area contributed by atoms with Crippen molar-refractivity contribution in [3.63, 3.8) is 0 Å². The zero-order valence-electron chi connectivity index (χ0n) is 16.3. The number of benzene rings is 1. The summed E-state index contributed by atoms with van der Waals surface area (Å²) in [6.45, 7) is 7.69. The summed E-state index contributed by atoms with van der Waals surface area (Å²) < 4.78 is 25.6. The third-order valence-corrected chi connectivity index (χ3v) is 6.01. The Bertz CT molecular complexity index is 691. The third-order valence-electron chi connectivity index (χ3n) is 6.01. The summed E-state index contributed by atoms with van der Waals surface area (Å²) in [6, 6.07) is 4.61. The summed E-state index contributed by atoms with van der Waals surface area (Å²) in [5.74, 6) is -0.736. The molecule has 1 aliphatic heterocycles. The van der Waals surface area contributed by atoms with Gasteiger partial charge in [0.25, 0.3) is 0 Å². The first-order valence-electron chi connectivity index (χ1n) is 9.65. The van der Waals surface area contributed by atoms with Crippen molar-refractivity contribution in [1.29, 1.82) is 0 Å². The Labute approximate surface area is 160 Å². The number of hydrogen-bond donors (Lipinski definition) is 3. The van der Waals surface area contributed by atoms with E-state index >= 15 is 0 Å². The molecule has 1 saturated carbocycles. The van der Waals surface area contributed by atoms with E-state index in [0.717, 1.165) is 19.4 Å². The molecule has 1 saturated heterocycles. The van der Waals surface area contributed by atoms with Gasteiger partial charge in [0.1, 0.15) is 11.4 Å². The van der Waals surface area contributed by atoms with Gasteiger partial charge in [-0.25, -0.2) is 4.39 Å². The highest BCUT2D eigenvalue weighted by Crippen LogP contribution is 2.50. The fourth-order valence-corrected chi connectivity index (χ4v) is 3.83. The molecule has 27 heavy (non-hydrogen) atoms. The number of hydrogen-bond acceptors (Lipinski definition) is 5. The molecule has 4 N–H and O–H groups in total. The summed E-state index contributed by atoms with van der Waals surface area (Å²) in [7, 11) is 0. The van der Waals surface area contributed by atoms with Crippen molar-refractivity contribution in [3.8, 4) is 0 Å². The van der Waals surface area contributed by atoms with Crippen molar-refractivity contribution >= 4 is 17.3 Å². The average Bonchev–Trinajstić information content (AvgIpc) is 3.14. The van der Waals surface area contributed by atoms with Crippen molar-refractivity contribution in [1.82, 2.24) is 0 Å². The van der Waals surface area contributed by atoms with Crippen LogP contribution < -0.4 is 16.4 Å². The molecule has 0 spiro atoms. The Balaban J connectivity index is 1.60. The van der Waals surface area contributed by atoms with Crippen molar-refractivity contribution in [3.05, 3.63) is 24.0 Å². The molecule has 6 nitrogen and oxygen atoms in total. The van der Waals surface area contributed by atoms with E-state index in [1.807, 2.05) is 20.8 Å². The molecule has 0 bridgehead atoms. The first-order valence-corrected chi connectivity index (χ1v) is 9.65. The second-order valence-corrected chi connectivity index (χ2v) is 8.01. The smallest absolute Gasteiger partial charge is 0.245 e. The monoisotopic (exact) mass is 379 g/mol. The topological polar surface area (TPSA) is 85.6 Å². The van der Waals surface area contributed by atoms with Crippen molar-refractivity contribution < 1.29 is 18.7 Å². The zero-order chi connectivity index (χ0) is 19.7. The van der Waals surface area contributed by atoms with E-state index in [1.54, 1.807) is 12.1 Å². The summed E-state index contributed by atoms with van der Waals surface area (Å²) >= 11 is 0. The van der Waals surface area contributed by atoms with Crippen LogP contribution in [0.25, 0.3) is 0 Å². The minimum atomic E-state index is -1.04. The third kappa shape index (κ3) is 3.81. The number of rotatable bonds is 7. The number of carbonyl (C=O) groups excluding carboxylic acids is 1. The molecular weight excluding hydrogens is 349 g/mol. The van der Waals surface area contributed by atoms with Gasteiger partial charge in [-0.05, 0) is 38.0 Å². The first-order chi connectivity index (χ1) is 12.8. The molecule has 0 aromatic heterocycles. The molecule has 1 aliphatic carbocycles. The summed E-state index contributed by atoms with van der Waals surface area (Å²) in [6.07, 6.45) is 2.55. The number of halogens is 1. The van der Waals surface area contributed by atoms with Crippen LogP contribution in [0.2, 0.25) is 0 Å². The zero-order valence-corrected chi connectivity index (χ0v) is 16.3. The Kier molecular flexibility index (Phi) is 5.74. The SMILES string of the molecule is CCOC1CC(N)(C(=O)Nc2ccc(NCC3CCCO3)c(F)c2)C1(C)C. The van der Waals surface area contributed by atoms with Crippen LogP contribution in [0.15, 0.2) is 18.2 Å². The maximum atomic E-state index is 14.4. The molecular formula is C20H30FN3O3. The minimum Gasteiger partial charge on any atom is -0.380 e. The van der Waals surface area contributed by atoms with Gasteiger partial charge in [-0.3, -0.25) is 4.79 Å². The molecule has 0 radical (unpaired) electrons. The highest BCUT2D eigenvalue weighted by Gasteiger charge is 2.62. The Morgan fingerprint density at radius 3 is 2.81 bits per heavy atom. The van der Waals surface area contributed by atoms with E-state index in [9.17, 15) is 9.18 Å². The number of anilines is 2. The largest absolute Gasteiger partial charge is 0.380 e. The van der Waals surface area contributed by atoms with Gasteiger partial charge in [-0.2, -0.15) is 0 Å². The predicted molar refractivity (Wildman–Crippen MR) is 103 cm³/mol. The summed E-state index contributed by atoms with van der Waals surface area (Å²) in [5.41, 5.74) is 5.62.